The molecule has 3 aliphatic rings. The van der Waals surface area contributed by atoms with Crippen molar-refractivity contribution in [1.82, 2.24) is 9.88 Å². The second-order valence-corrected chi connectivity index (χ2v) is 8.37. The van der Waals surface area contributed by atoms with Gasteiger partial charge in [-0.25, -0.2) is 0 Å². The van der Waals surface area contributed by atoms with E-state index >= 15 is 0 Å². The number of benzene rings is 2. The first-order valence-corrected chi connectivity index (χ1v) is 10.1. The number of para-hydroxylation sites is 1. The molecule has 2 aliphatic heterocycles. The Morgan fingerprint density at radius 3 is 2.68 bits per heavy atom. The van der Waals surface area contributed by atoms with E-state index in [2.05, 4.69) is 35.3 Å². The third-order valence-electron chi connectivity index (χ3n) is 6.86. The van der Waals surface area contributed by atoms with Crippen molar-refractivity contribution in [2.45, 2.75) is 36.9 Å². The normalized spacial score (nSPS) is 24.6. The highest BCUT2D eigenvalue weighted by molar-refractivity contribution is 5.97. The van der Waals surface area contributed by atoms with Crippen molar-refractivity contribution in [3.63, 3.8) is 0 Å². The lowest BCUT2D eigenvalue weighted by Crippen LogP contribution is -2.40. The van der Waals surface area contributed by atoms with Gasteiger partial charge in [0, 0.05) is 18.1 Å². The minimum Gasteiger partial charge on any atom is -0.364 e. The molecule has 1 amide bonds. The molecule has 1 saturated carbocycles. The lowest BCUT2D eigenvalue weighted by molar-refractivity contribution is -0.134. The lowest BCUT2D eigenvalue weighted by atomic mass is 9.90. The summed E-state index contributed by atoms with van der Waals surface area (Å²) in [6.07, 6.45) is 4.55. The van der Waals surface area contributed by atoms with Gasteiger partial charge in [-0.3, -0.25) is 9.78 Å². The molecule has 140 valence electrons. The van der Waals surface area contributed by atoms with Crippen LogP contribution in [0.4, 0.5) is 0 Å². The zero-order valence-electron chi connectivity index (χ0n) is 15.7. The predicted octanol–water partition coefficient (Wildman–Crippen LogP) is 3.92. The van der Waals surface area contributed by atoms with E-state index in [-0.39, 0.29) is 16.9 Å². The van der Waals surface area contributed by atoms with Crippen molar-refractivity contribution in [1.29, 1.82) is 0 Å². The van der Waals surface area contributed by atoms with E-state index in [1.807, 2.05) is 35.4 Å². The Morgan fingerprint density at radius 1 is 0.964 bits per heavy atom. The summed E-state index contributed by atoms with van der Waals surface area (Å²) in [5, 5.41) is 1.10. The number of carbonyl (C=O) groups is 1. The standard InChI is InChI=1S/C24H22N2O2/c27-22(23(10-11-23)20-9-13-25-21-8-4-2-6-18(20)21)26-14-12-24(16-26)19-7-3-1-5-17(19)15-28-24/h1-9,13H,10-12,14-16H2. The monoisotopic (exact) mass is 370 g/mol. The maximum absolute atomic E-state index is 13.7. The molecular formula is C24H22N2O2. The van der Waals surface area contributed by atoms with Gasteiger partial charge in [0.05, 0.1) is 24.1 Å². The molecule has 6 rings (SSSR count). The second-order valence-electron chi connectivity index (χ2n) is 8.37. The molecule has 2 aromatic carbocycles. The molecule has 4 nitrogen and oxygen atoms in total. The Balaban J connectivity index is 1.34. The fraction of sp³-hybridized carbons (Fsp3) is 0.333. The maximum atomic E-state index is 13.7. The summed E-state index contributed by atoms with van der Waals surface area (Å²) in [6.45, 7) is 2.07. The summed E-state index contributed by atoms with van der Waals surface area (Å²) in [5.41, 5.74) is 3.93. The molecule has 3 aromatic rings. The van der Waals surface area contributed by atoms with Gasteiger partial charge in [-0.05, 0) is 48.1 Å². The van der Waals surface area contributed by atoms with Gasteiger partial charge >= 0.3 is 0 Å². The van der Waals surface area contributed by atoms with Crippen LogP contribution in [0.15, 0.2) is 60.8 Å². The molecule has 1 aliphatic carbocycles. The van der Waals surface area contributed by atoms with Crippen molar-refractivity contribution in [3.05, 3.63) is 77.5 Å². The van der Waals surface area contributed by atoms with E-state index in [4.69, 9.17) is 4.74 Å². The molecule has 3 heterocycles. The van der Waals surface area contributed by atoms with E-state index in [1.54, 1.807) is 0 Å². The van der Waals surface area contributed by atoms with Crippen molar-refractivity contribution >= 4 is 16.8 Å². The zero-order chi connectivity index (χ0) is 18.8. The summed E-state index contributed by atoms with van der Waals surface area (Å²) in [4.78, 5) is 20.2. The van der Waals surface area contributed by atoms with Crippen molar-refractivity contribution in [2.75, 3.05) is 13.1 Å². The van der Waals surface area contributed by atoms with Gasteiger partial charge in [0.2, 0.25) is 5.91 Å². The fourth-order valence-corrected chi connectivity index (χ4v) is 5.22. The Labute approximate surface area is 164 Å². The number of amides is 1. The third-order valence-corrected chi connectivity index (χ3v) is 6.86. The number of ether oxygens (including phenoxy) is 1. The van der Waals surface area contributed by atoms with E-state index in [0.717, 1.165) is 42.3 Å². The molecule has 1 spiro atoms. The number of likely N-dealkylation sites (tertiary alicyclic amines) is 1. The predicted molar refractivity (Wildman–Crippen MR) is 107 cm³/mol. The van der Waals surface area contributed by atoms with Gasteiger partial charge < -0.3 is 9.64 Å². The van der Waals surface area contributed by atoms with Crippen molar-refractivity contribution in [2.24, 2.45) is 0 Å². The third kappa shape index (κ3) is 2.15. The van der Waals surface area contributed by atoms with Gasteiger partial charge in [-0.15, -0.1) is 0 Å². The molecule has 0 bridgehead atoms. The average molecular weight is 370 g/mol. The highest BCUT2D eigenvalue weighted by Gasteiger charge is 2.57. The summed E-state index contributed by atoms with van der Waals surface area (Å²) < 4.78 is 6.26. The van der Waals surface area contributed by atoms with Crippen LogP contribution in [0.25, 0.3) is 10.9 Å². The number of pyridine rings is 1. The van der Waals surface area contributed by atoms with Crippen LogP contribution in [0, 0.1) is 0 Å². The van der Waals surface area contributed by atoms with Crippen LogP contribution in [-0.2, 0) is 27.2 Å². The first kappa shape index (κ1) is 16.3. The van der Waals surface area contributed by atoms with Gasteiger partial charge in [0.1, 0.15) is 5.60 Å². The molecular weight excluding hydrogens is 348 g/mol. The highest BCUT2D eigenvalue weighted by atomic mass is 16.5. The quantitative estimate of drug-likeness (QED) is 0.687. The number of rotatable bonds is 2. The lowest BCUT2D eigenvalue weighted by Gasteiger charge is -2.27. The number of hydrogen-bond acceptors (Lipinski definition) is 3. The molecule has 1 saturated heterocycles. The van der Waals surface area contributed by atoms with Crippen LogP contribution in [0.5, 0.6) is 0 Å². The molecule has 1 unspecified atom stereocenters. The average Bonchev–Trinajstić information content (AvgIpc) is 3.32. The molecule has 1 atom stereocenters. The van der Waals surface area contributed by atoms with E-state index in [1.165, 1.54) is 11.1 Å². The molecule has 0 radical (unpaired) electrons. The Hall–Kier alpha value is -2.72. The molecule has 0 N–H and O–H groups in total. The number of fused-ring (bicyclic) bond motifs is 3. The minimum atomic E-state index is -0.383. The van der Waals surface area contributed by atoms with Crippen molar-refractivity contribution < 1.29 is 9.53 Å². The summed E-state index contributed by atoms with van der Waals surface area (Å²) in [6, 6.07) is 18.6. The highest BCUT2D eigenvalue weighted by Crippen LogP contribution is 2.53. The van der Waals surface area contributed by atoms with Crippen LogP contribution in [-0.4, -0.2) is 28.9 Å². The molecule has 28 heavy (non-hydrogen) atoms. The fourth-order valence-electron chi connectivity index (χ4n) is 5.22. The Kier molecular flexibility index (Phi) is 3.28. The summed E-state index contributed by atoms with van der Waals surface area (Å²) >= 11 is 0. The first-order valence-electron chi connectivity index (χ1n) is 10.1. The largest absolute Gasteiger partial charge is 0.364 e. The number of carbonyl (C=O) groups excluding carboxylic acids is 1. The van der Waals surface area contributed by atoms with Crippen molar-refractivity contribution in [3.8, 4) is 0 Å². The van der Waals surface area contributed by atoms with Crippen LogP contribution >= 0.6 is 0 Å². The van der Waals surface area contributed by atoms with Crippen LogP contribution in [0.2, 0.25) is 0 Å². The van der Waals surface area contributed by atoms with Gasteiger partial charge in [0.25, 0.3) is 0 Å². The van der Waals surface area contributed by atoms with Crippen LogP contribution in [0.3, 0.4) is 0 Å². The maximum Gasteiger partial charge on any atom is 0.233 e. The minimum absolute atomic E-state index is 0.258. The number of aromatic nitrogens is 1. The van der Waals surface area contributed by atoms with Gasteiger partial charge in [-0.2, -0.15) is 0 Å². The Morgan fingerprint density at radius 2 is 1.79 bits per heavy atom. The van der Waals surface area contributed by atoms with Crippen LogP contribution < -0.4 is 0 Å². The van der Waals surface area contributed by atoms with E-state index in [0.29, 0.717) is 13.2 Å². The zero-order valence-corrected chi connectivity index (χ0v) is 15.7. The molecule has 4 heteroatoms. The van der Waals surface area contributed by atoms with Crippen LogP contribution in [0.1, 0.15) is 36.0 Å². The molecule has 2 fully saturated rings. The topological polar surface area (TPSA) is 42.4 Å². The van der Waals surface area contributed by atoms with E-state index in [9.17, 15) is 4.79 Å². The molecule has 1 aromatic heterocycles. The Bertz CT molecular complexity index is 1100. The van der Waals surface area contributed by atoms with Gasteiger partial charge in [-0.1, -0.05) is 42.5 Å². The van der Waals surface area contributed by atoms with Gasteiger partial charge in [0.15, 0.2) is 0 Å². The summed E-state index contributed by atoms with van der Waals surface area (Å²) in [7, 11) is 0. The number of nitrogens with zero attached hydrogens (tertiary/aromatic N) is 2. The van der Waals surface area contributed by atoms with E-state index < -0.39 is 0 Å². The first-order chi connectivity index (χ1) is 13.7. The smallest absolute Gasteiger partial charge is 0.233 e. The second kappa shape index (κ2) is 5.65. The number of hydrogen-bond donors (Lipinski definition) is 0. The summed E-state index contributed by atoms with van der Waals surface area (Å²) in [5.74, 6) is 0.258. The SMILES string of the molecule is O=C(N1CCC2(C1)OCc1ccccc12)C1(c2ccnc3ccccc23)CC1.